The summed E-state index contributed by atoms with van der Waals surface area (Å²) in [6, 6.07) is 14.6. The molecule has 3 aliphatic rings. The highest BCUT2D eigenvalue weighted by molar-refractivity contribution is 6.00. The van der Waals surface area contributed by atoms with Crippen LogP contribution in [0.4, 0.5) is 5.69 Å². The highest BCUT2D eigenvalue weighted by atomic mass is 16.5. The lowest BCUT2D eigenvalue weighted by Gasteiger charge is -2.52. The summed E-state index contributed by atoms with van der Waals surface area (Å²) < 4.78 is 5.96. The molecular formula is C34H46N4O5. The summed E-state index contributed by atoms with van der Waals surface area (Å²) in [4.78, 5) is 43.0. The molecule has 1 saturated carbocycles. The van der Waals surface area contributed by atoms with Gasteiger partial charge in [0, 0.05) is 45.2 Å². The number of amides is 3. The van der Waals surface area contributed by atoms with Gasteiger partial charge in [-0.25, -0.2) is 0 Å². The number of piperazine rings is 1. The van der Waals surface area contributed by atoms with Crippen molar-refractivity contribution in [3.05, 3.63) is 54.1 Å². The van der Waals surface area contributed by atoms with E-state index in [9.17, 15) is 19.5 Å². The summed E-state index contributed by atoms with van der Waals surface area (Å²) in [5.74, 6) is 1.22. The lowest BCUT2D eigenvalue weighted by atomic mass is 9.77. The van der Waals surface area contributed by atoms with Crippen LogP contribution in [-0.4, -0.2) is 69.4 Å². The van der Waals surface area contributed by atoms with Crippen LogP contribution >= 0.6 is 0 Å². The Labute approximate surface area is 255 Å². The number of benzene rings is 2. The molecule has 1 atom stereocenters. The van der Waals surface area contributed by atoms with Gasteiger partial charge < -0.3 is 25.4 Å². The normalized spacial score (nSPS) is 21.8. The fraction of sp³-hybridized carbons (Fsp3) is 0.559. The maximum Gasteiger partial charge on any atom is 0.246 e. The van der Waals surface area contributed by atoms with Crippen molar-refractivity contribution in [1.29, 1.82) is 0 Å². The minimum atomic E-state index is -0.866. The van der Waals surface area contributed by atoms with Crippen LogP contribution in [0.2, 0.25) is 0 Å². The second-order valence-corrected chi connectivity index (χ2v) is 12.6. The monoisotopic (exact) mass is 590 g/mol. The zero-order valence-corrected chi connectivity index (χ0v) is 25.6. The number of hydrogen-bond donors (Lipinski definition) is 3. The molecule has 0 bridgehead atoms. The Morgan fingerprint density at radius 3 is 2.21 bits per heavy atom. The maximum atomic E-state index is 13.8. The average molecular weight is 591 g/mol. The Morgan fingerprint density at radius 2 is 1.60 bits per heavy atom. The SMILES string of the molecule is CCCCN1C(=O)[C@@H](CC2(O)CCCCC2)NC(=O)C12CCN(Cc1ccc(Oc3ccc(NC(C)=O)cc3)cc1)CC2. The molecule has 0 unspecified atom stereocenters. The van der Waals surface area contributed by atoms with Crippen molar-refractivity contribution in [2.75, 3.05) is 25.0 Å². The quantitative estimate of drug-likeness (QED) is 0.360. The van der Waals surface area contributed by atoms with Gasteiger partial charge in [0.25, 0.3) is 0 Å². The first-order valence-corrected chi connectivity index (χ1v) is 15.9. The van der Waals surface area contributed by atoms with E-state index in [-0.39, 0.29) is 17.7 Å². The molecule has 2 aromatic carbocycles. The molecule has 232 valence electrons. The summed E-state index contributed by atoms with van der Waals surface area (Å²) in [6.07, 6.45) is 7.75. The number of ether oxygens (including phenoxy) is 1. The molecule has 0 radical (unpaired) electrons. The molecule has 2 saturated heterocycles. The van der Waals surface area contributed by atoms with E-state index in [2.05, 4.69) is 34.6 Å². The summed E-state index contributed by atoms with van der Waals surface area (Å²) in [7, 11) is 0. The van der Waals surface area contributed by atoms with Gasteiger partial charge in [0.2, 0.25) is 17.7 Å². The van der Waals surface area contributed by atoms with Crippen molar-refractivity contribution in [3.8, 4) is 11.5 Å². The van der Waals surface area contributed by atoms with Gasteiger partial charge in [-0.05, 0) is 74.1 Å². The number of anilines is 1. The van der Waals surface area contributed by atoms with Gasteiger partial charge in [0.05, 0.1) is 5.60 Å². The third-order valence-electron chi connectivity index (χ3n) is 9.34. The molecule has 2 aliphatic heterocycles. The molecular weight excluding hydrogens is 544 g/mol. The van der Waals surface area contributed by atoms with Crippen molar-refractivity contribution in [3.63, 3.8) is 0 Å². The van der Waals surface area contributed by atoms with Crippen molar-refractivity contribution in [1.82, 2.24) is 15.1 Å². The van der Waals surface area contributed by atoms with E-state index in [1.807, 2.05) is 29.2 Å². The van der Waals surface area contributed by atoms with Crippen LogP contribution in [0, 0.1) is 0 Å². The zero-order valence-electron chi connectivity index (χ0n) is 25.6. The van der Waals surface area contributed by atoms with Gasteiger partial charge in [-0.3, -0.25) is 19.3 Å². The van der Waals surface area contributed by atoms with Crippen LogP contribution in [0.15, 0.2) is 48.5 Å². The number of unbranched alkanes of at least 4 members (excludes halogenated alkanes) is 1. The zero-order chi connectivity index (χ0) is 30.5. The molecule has 5 rings (SSSR count). The van der Waals surface area contributed by atoms with Gasteiger partial charge >= 0.3 is 0 Å². The first-order valence-electron chi connectivity index (χ1n) is 15.9. The summed E-state index contributed by atoms with van der Waals surface area (Å²) in [5, 5.41) is 17.0. The Morgan fingerprint density at radius 1 is 0.977 bits per heavy atom. The molecule has 1 spiro atoms. The molecule has 0 aromatic heterocycles. The molecule has 9 heteroatoms. The second kappa shape index (κ2) is 13.5. The third-order valence-corrected chi connectivity index (χ3v) is 9.34. The van der Waals surface area contributed by atoms with E-state index in [1.54, 1.807) is 12.1 Å². The molecule has 1 aliphatic carbocycles. The van der Waals surface area contributed by atoms with Crippen LogP contribution in [0.1, 0.15) is 83.6 Å². The number of piperidine rings is 1. The van der Waals surface area contributed by atoms with Crippen LogP contribution in [-0.2, 0) is 20.9 Å². The highest BCUT2D eigenvalue weighted by Crippen LogP contribution is 2.38. The van der Waals surface area contributed by atoms with Gasteiger partial charge in [0.15, 0.2) is 0 Å². The van der Waals surface area contributed by atoms with Crippen LogP contribution in [0.3, 0.4) is 0 Å². The van der Waals surface area contributed by atoms with Gasteiger partial charge in [-0.15, -0.1) is 0 Å². The van der Waals surface area contributed by atoms with Gasteiger partial charge in [0.1, 0.15) is 23.1 Å². The number of carbonyl (C=O) groups excluding carboxylic acids is 3. The molecule has 43 heavy (non-hydrogen) atoms. The molecule has 3 amide bonds. The maximum absolute atomic E-state index is 13.8. The lowest BCUT2D eigenvalue weighted by molar-refractivity contribution is -0.163. The predicted molar refractivity (Wildman–Crippen MR) is 166 cm³/mol. The number of hydrogen-bond acceptors (Lipinski definition) is 6. The fourth-order valence-corrected chi connectivity index (χ4v) is 6.89. The van der Waals surface area contributed by atoms with Crippen molar-refractivity contribution >= 4 is 23.4 Å². The molecule has 9 nitrogen and oxygen atoms in total. The number of rotatable bonds is 10. The minimum absolute atomic E-state index is 0.0270. The van der Waals surface area contributed by atoms with E-state index in [0.717, 1.165) is 68.7 Å². The van der Waals surface area contributed by atoms with Crippen molar-refractivity contribution in [2.45, 2.75) is 102 Å². The molecule has 3 fully saturated rings. The second-order valence-electron chi connectivity index (χ2n) is 12.6. The predicted octanol–water partition coefficient (Wildman–Crippen LogP) is 4.98. The highest BCUT2D eigenvalue weighted by Gasteiger charge is 2.54. The van der Waals surface area contributed by atoms with Crippen molar-refractivity contribution < 1.29 is 24.2 Å². The topological polar surface area (TPSA) is 111 Å². The van der Waals surface area contributed by atoms with E-state index in [1.165, 1.54) is 6.92 Å². The molecule has 2 heterocycles. The lowest BCUT2D eigenvalue weighted by Crippen LogP contribution is -2.73. The van der Waals surface area contributed by atoms with E-state index >= 15 is 0 Å². The Hall–Kier alpha value is -3.43. The van der Waals surface area contributed by atoms with Crippen molar-refractivity contribution in [2.24, 2.45) is 0 Å². The Kier molecular flexibility index (Phi) is 9.72. The largest absolute Gasteiger partial charge is 0.457 e. The average Bonchev–Trinajstić information content (AvgIpc) is 2.99. The standard InChI is InChI=1S/C34H46N4O5/c1-3-4-20-38-31(40)30(23-33(42)16-6-5-7-17-33)36-32(41)34(38)18-21-37(22-19-34)24-26-8-12-28(13-9-26)43-29-14-10-27(11-15-29)35-25(2)39/h8-15,30,42H,3-7,16-24H2,1-2H3,(H,35,39)(H,36,41)/t30-/m1/s1. The summed E-state index contributed by atoms with van der Waals surface area (Å²) in [5.41, 5.74) is 0.188. The van der Waals surface area contributed by atoms with E-state index in [0.29, 0.717) is 44.4 Å². The first-order chi connectivity index (χ1) is 20.7. The molecule has 2 aromatic rings. The van der Waals surface area contributed by atoms with Gasteiger partial charge in [-0.2, -0.15) is 0 Å². The number of nitrogens with one attached hydrogen (secondary N) is 2. The van der Waals surface area contributed by atoms with Gasteiger partial charge in [-0.1, -0.05) is 44.7 Å². The summed E-state index contributed by atoms with van der Waals surface area (Å²) >= 11 is 0. The van der Waals surface area contributed by atoms with Crippen LogP contribution < -0.4 is 15.4 Å². The minimum Gasteiger partial charge on any atom is -0.457 e. The summed E-state index contributed by atoms with van der Waals surface area (Å²) in [6.45, 7) is 6.35. The number of nitrogens with zero attached hydrogens (tertiary/aromatic N) is 2. The number of likely N-dealkylation sites (tertiary alicyclic amines) is 1. The third kappa shape index (κ3) is 7.39. The number of carbonyl (C=O) groups is 3. The van der Waals surface area contributed by atoms with E-state index in [4.69, 9.17) is 4.74 Å². The molecule has 3 N–H and O–H groups in total. The Balaban J connectivity index is 1.18. The first kappa shape index (κ1) is 31.0. The fourth-order valence-electron chi connectivity index (χ4n) is 6.89. The van der Waals surface area contributed by atoms with Crippen LogP contribution in [0.25, 0.3) is 0 Å². The Bertz CT molecular complexity index is 1260. The smallest absolute Gasteiger partial charge is 0.246 e. The van der Waals surface area contributed by atoms with Crippen LogP contribution in [0.5, 0.6) is 11.5 Å². The number of aliphatic hydroxyl groups is 1. The van der Waals surface area contributed by atoms with E-state index < -0.39 is 17.2 Å².